The zero-order chi connectivity index (χ0) is 23.3. The van der Waals surface area contributed by atoms with E-state index in [-0.39, 0.29) is 17.5 Å². The number of carbonyl (C=O) groups excluding carboxylic acids is 2. The van der Waals surface area contributed by atoms with Crippen molar-refractivity contribution >= 4 is 11.7 Å². The van der Waals surface area contributed by atoms with E-state index in [4.69, 9.17) is 0 Å². The highest BCUT2D eigenvalue weighted by Crippen LogP contribution is 2.22. The highest BCUT2D eigenvalue weighted by molar-refractivity contribution is 6.02. The van der Waals surface area contributed by atoms with Gasteiger partial charge >= 0.3 is 0 Å². The molecule has 7 heteroatoms. The number of hydrogen-bond acceptors (Lipinski definition) is 3. The maximum Gasteiger partial charge on any atom is 0.270 e. The van der Waals surface area contributed by atoms with Gasteiger partial charge in [0.2, 0.25) is 0 Å². The van der Waals surface area contributed by atoms with Crippen LogP contribution in [-0.4, -0.2) is 45.4 Å². The van der Waals surface area contributed by atoms with Gasteiger partial charge in [0.15, 0.2) is 5.78 Å². The fraction of sp³-hybridized carbons (Fsp3) is 0.400. The number of hydrogen-bond donors (Lipinski definition) is 2. The number of nitrogens with one attached hydrogen (secondary N) is 2. The van der Waals surface area contributed by atoms with Crippen molar-refractivity contribution in [1.82, 2.24) is 20.1 Å². The van der Waals surface area contributed by atoms with Crippen LogP contribution in [0.2, 0.25) is 0 Å². The average molecular weight is 439 g/mol. The molecule has 0 aliphatic heterocycles. The third kappa shape index (κ3) is 5.33. The number of aryl methyl sites for hydroxylation is 2. The number of ketones is 1. The Morgan fingerprint density at radius 1 is 1.12 bits per heavy atom. The van der Waals surface area contributed by atoms with E-state index in [1.54, 1.807) is 24.1 Å². The van der Waals surface area contributed by atoms with E-state index in [9.17, 15) is 14.0 Å². The summed E-state index contributed by atoms with van der Waals surface area (Å²) in [4.78, 5) is 29.7. The molecule has 0 spiro atoms. The molecule has 32 heavy (non-hydrogen) atoms. The van der Waals surface area contributed by atoms with E-state index in [0.29, 0.717) is 24.2 Å². The molecule has 0 fully saturated rings. The molecule has 0 aliphatic carbocycles. The van der Waals surface area contributed by atoms with Crippen molar-refractivity contribution in [3.05, 3.63) is 64.4 Å². The van der Waals surface area contributed by atoms with Gasteiger partial charge < -0.3 is 9.88 Å². The Kier molecular flexibility index (Phi) is 7.62. The summed E-state index contributed by atoms with van der Waals surface area (Å²) >= 11 is 0. The molecule has 2 heterocycles. The predicted molar refractivity (Wildman–Crippen MR) is 123 cm³/mol. The Morgan fingerprint density at radius 2 is 1.84 bits per heavy atom. The summed E-state index contributed by atoms with van der Waals surface area (Å²) in [7, 11) is 1.80. The molecule has 2 aromatic heterocycles. The second-order valence-corrected chi connectivity index (χ2v) is 8.21. The first-order chi connectivity index (χ1) is 15.3. The van der Waals surface area contributed by atoms with Gasteiger partial charge in [-0.2, -0.15) is 5.10 Å². The molecule has 0 saturated heterocycles. The maximum atomic E-state index is 13.1. The number of nitrogens with zero attached hydrogens (tertiary/aromatic N) is 2. The first kappa shape index (κ1) is 23.4. The number of H-pyrrole nitrogens is 2. The zero-order valence-electron chi connectivity index (χ0n) is 19.2. The zero-order valence-corrected chi connectivity index (χ0v) is 19.2. The summed E-state index contributed by atoms with van der Waals surface area (Å²) in [5, 5.41) is 7.36. The lowest BCUT2D eigenvalue weighted by atomic mass is 10.0. The summed E-state index contributed by atoms with van der Waals surface area (Å²) in [6.07, 6.45) is 4.35. The molecular formula is C25H31FN4O2. The van der Waals surface area contributed by atoms with Gasteiger partial charge in [0.05, 0.1) is 5.69 Å². The van der Waals surface area contributed by atoms with Gasteiger partial charge in [0.25, 0.3) is 5.91 Å². The molecule has 0 radical (unpaired) electrons. The molecule has 6 nitrogen and oxygen atoms in total. The van der Waals surface area contributed by atoms with Crippen LogP contribution in [0.4, 0.5) is 4.39 Å². The first-order valence-electron chi connectivity index (χ1n) is 11.1. The number of carbonyl (C=O) groups is 2. The minimum Gasteiger partial charge on any atom is -0.354 e. The van der Waals surface area contributed by atoms with Crippen LogP contribution in [-0.2, 0) is 12.8 Å². The summed E-state index contributed by atoms with van der Waals surface area (Å²) < 4.78 is 13.1. The minimum absolute atomic E-state index is 0.0151. The lowest BCUT2D eigenvalue weighted by molar-refractivity contribution is 0.0786. The first-order valence-corrected chi connectivity index (χ1v) is 11.1. The highest BCUT2D eigenvalue weighted by atomic mass is 19.1. The van der Waals surface area contributed by atoms with Crippen LogP contribution < -0.4 is 0 Å². The summed E-state index contributed by atoms with van der Waals surface area (Å²) in [5.41, 5.74) is 5.47. The summed E-state index contributed by atoms with van der Waals surface area (Å²) in [6.45, 7) is 5.99. The minimum atomic E-state index is -0.260. The van der Waals surface area contributed by atoms with Crippen molar-refractivity contribution in [2.75, 3.05) is 13.6 Å². The van der Waals surface area contributed by atoms with Crippen LogP contribution >= 0.6 is 0 Å². The lowest BCUT2D eigenvalue weighted by Crippen LogP contribution is -2.29. The lowest BCUT2D eigenvalue weighted by Gasteiger charge is -2.17. The molecule has 0 aliphatic rings. The molecule has 0 bridgehead atoms. The largest absolute Gasteiger partial charge is 0.354 e. The predicted octanol–water partition coefficient (Wildman–Crippen LogP) is 5.10. The van der Waals surface area contributed by atoms with Crippen molar-refractivity contribution in [3.8, 4) is 11.3 Å². The van der Waals surface area contributed by atoms with E-state index in [0.717, 1.165) is 53.9 Å². The van der Waals surface area contributed by atoms with Crippen LogP contribution in [0.25, 0.3) is 11.3 Å². The van der Waals surface area contributed by atoms with Crippen molar-refractivity contribution in [2.24, 2.45) is 0 Å². The SMILES string of the molecule is CCc1c(C(=O)N(C)CCCCCc2cc(-c3ccc(F)cc3)n[nH]2)[nH]c(C)c1C(C)=O. The van der Waals surface area contributed by atoms with E-state index < -0.39 is 0 Å². The van der Waals surface area contributed by atoms with Gasteiger partial charge in [-0.15, -0.1) is 0 Å². The number of aromatic nitrogens is 3. The van der Waals surface area contributed by atoms with Crippen LogP contribution in [0.3, 0.4) is 0 Å². The van der Waals surface area contributed by atoms with E-state index in [1.807, 2.05) is 19.9 Å². The number of Topliss-reactive ketones (excluding diaryl/α,β-unsaturated/α-hetero) is 1. The molecule has 2 N–H and O–H groups in total. The van der Waals surface area contributed by atoms with Gasteiger partial charge in [-0.25, -0.2) is 4.39 Å². The summed E-state index contributed by atoms with van der Waals surface area (Å²) in [5.74, 6) is -0.349. The van der Waals surface area contributed by atoms with Crippen LogP contribution in [0.1, 0.15) is 70.9 Å². The van der Waals surface area contributed by atoms with Gasteiger partial charge in [0.1, 0.15) is 11.5 Å². The third-order valence-electron chi connectivity index (χ3n) is 5.77. The number of rotatable bonds is 10. The van der Waals surface area contributed by atoms with Crippen molar-refractivity contribution in [2.45, 2.75) is 52.9 Å². The van der Waals surface area contributed by atoms with E-state index in [2.05, 4.69) is 15.2 Å². The Balaban J connectivity index is 1.47. The molecule has 0 unspecified atom stereocenters. The maximum absolute atomic E-state index is 13.1. The topological polar surface area (TPSA) is 81.8 Å². The van der Waals surface area contributed by atoms with Crippen molar-refractivity contribution in [1.29, 1.82) is 0 Å². The quantitative estimate of drug-likeness (QED) is 0.341. The van der Waals surface area contributed by atoms with Gasteiger partial charge in [0, 0.05) is 36.1 Å². The Bertz CT molecular complexity index is 1080. The van der Waals surface area contributed by atoms with Crippen LogP contribution in [0.15, 0.2) is 30.3 Å². The second-order valence-electron chi connectivity index (χ2n) is 8.21. The average Bonchev–Trinajstić information content (AvgIpc) is 3.37. The number of aromatic amines is 2. The second kappa shape index (κ2) is 10.4. The van der Waals surface area contributed by atoms with Gasteiger partial charge in [-0.1, -0.05) is 13.3 Å². The standard InChI is InChI=1S/C25H31FN4O2/c1-5-21-23(17(3)31)16(2)27-24(21)25(32)30(4)14-8-6-7-9-20-15-22(29-28-20)18-10-12-19(26)13-11-18/h10-13,15,27H,5-9,14H2,1-4H3,(H,28,29). The number of unbranched alkanes of at least 4 members (excludes halogenated alkanes) is 2. The number of amides is 1. The smallest absolute Gasteiger partial charge is 0.270 e. The Hall–Kier alpha value is -3.22. The number of benzene rings is 1. The molecule has 170 valence electrons. The fourth-order valence-electron chi connectivity index (χ4n) is 4.08. The molecule has 1 amide bonds. The molecule has 1 aromatic carbocycles. The summed E-state index contributed by atoms with van der Waals surface area (Å²) in [6, 6.07) is 8.30. The molecule has 3 rings (SSSR count). The van der Waals surface area contributed by atoms with Gasteiger partial charge in [-0.05, 0) is 75.4 Å². The van der Waals surface area contributed by atoms with Crippen molar-refractivity contribution < 1.29 is 14.0 Å². The monoisotopic (exact) mass is 438 g/mol. The molecule has 3 aromatic rings. The highest BCUT2D eigenvalue weighted by Gasteiger charge is 2.23. The third-order valence-corrected chi connectivity index (χ3v) is 5.77. The Morgan fingerprint density at radius 3 is 2.50 bits per heavy atom. The van der Waals surface area contributed by atoms with Crippen LogP contribution in [0.5, 0.6) is 0 Å². The molecule has 0 atom stereocenters. The van der Waals surface area contributed by atoms with E-state index in [1.165, 1.54) is 19.1 Å². The Labute approximate surface area is 188 Å². The molecular weight excluding hydrogens is 407 g/mol. The number of halogens is 1. The fourth-order valence-corrected chi connectivity index (χ4v) is 4.08. The molecule has 0 saturated carbocycles. The normalized spacial score (nSPS) is 11.0. The van der Waals surface area contributed by atoms with Crippen LogP contribution in [0, 0.1) is 12.7 Å². The van der Waals surface area contributed by atoms with Crippen molar-refractivity contribution in [3.63, 3.8) is 0 Å². The van der Waals surface area contributed by atoms with Gasteiger partial charge in [-0.3, -0.25) is 14.7 Å². The van der Waals surface area contributed by atoms with E-state index >= 15 is 0 Å².